The number of aromatic nitrogens is 3. The van der Waals surface area contributed by atoms with Gasteiger partial charge in [-0.05, 0) is 19.9 Å². The van der Waals surface area contributed by atoms with Crippen molar-refractivity contribution >= 4 is 34.9 Å². The van der Waals surface area contributed by atoms with Crippen molar-refractivity contribution in [2.24, 2.45) is 0 Å². The number of rotatable bonds is 5. The van der Waals surface area contributed by atoms with Crippen LogP contribution in [0.3, 0.4) is 0 Å². The Balaban J connectivity index is 1.55. The maximum absolute atomic E-state index is 12.4. The maximum atomic E-state index is 12.4. The molecule has 0 fully saturated rings. The summed E-state index contributed by atoms with van der Waals surface area (Å²) in [6, 6.07) is 1.61. The molecule has 2 atom stereocenters. The van der Waals surface area contributed by atoms with Crippen LogP contribution in [0.15, 0.2) is 12.3 Å². The number of pyridine rings is 1. The topological polar surface area (TPSA) is 91.9 Å². The standard InChI is InChI=1S/C16H19Cl2N5O2/c1-8-5-11-13(9(2)25-8)22-23-14(11)16(24)20-4-3-19-15-12(18)6-10(17)7-21-15/h6-9H,3-5H2,1-2H3,(H,19,21)(H,20,24)(H,22,23)/t8-,9+/m1/s1. The minimum absolute atomic E-state index is 0.0615. The predicted octanol–water partition coefficient (Wildman–Crippen LogP) is 2.98. The van der Waals surface area contributed by atoms with Crippen LogP contribution in [0, 0.1) is 0 Å². The van der Waals surface area contributed by atoms with Gasteiger partial charge < -0.3 is 15.4 Å². The van der Waals surface area contributed by atoms with E-state index in [2.05, 4.69) is 25.8 Å². The van der Waals surface area contributed by atoms with E-state index in [4.69, 9.17) is 27.9 Å². The summed E-state index contributed by atoms with van der Waals surface area (Å²) >= 11 is 11.8. The van der Waals surface area contributed by atoms with Crippen molar-refractivity contribution in [1.82, 2.24) is 20.5 Å². The molecule has 0 aliphatic carbocycles. The molecule has 1 aliphatic heterocycles. The number of nitrogens with one attached hydrogen (secondary N) is 3. The highest BCUT2D eigenvalue weighted by Crippen LogP contribution is 2.30. The molecule has 134 valence electrons. The molecule has 0 saturated heterocycles. The maximum Gasteiger partial charge on any atom is 0.272 e. The zero-order valence-corrected chi connectivity index (χ0v) is 15.4. The third-order valence-electron chi connectivity index (χ3n) is 3.96. The van der Waals surface area contributed by atoms with Crippen molar-refractivity contribution in [1.29, 1.82) is 0 Å². The second-order valence-corrected chi connectivity index (χ2v) is 6.77. The van der Waals surface area contributed by atoms with Gasteiger partial charge in [-0.3, -0.25) is 9.89 Å². The normalized spacial score (nSPS) is 19.4. The molecule has 1 aliphatic rings. The summed E-state index contributed by atoms with van der Waals surface area (Å²) in [5, 5.41) is 13.9. The molecule has 7 nitrogen and oxygen atoms in total. The van der Waals surface area contributed by atoms with Crippen LogP contribution in [-0.2, 0) is 11.2 Å². The van der Waals surface area contributed by atoms with E-state index < -0.39 is 0 Å². The van der Waals surface area contributed by atoms with Crippen molar-refractivity contribution in [3.63, 3.8) is 0 Å². The summed E-state index contributed by atoms with van der Waals surface area (Å²) in [5.41, 5.74) is 2.23. The number of H-pyrrole nitrogens is 1. The Bertz CT molecular complexity index is 780. The number of fused-ring (bicyclic) bond motifs is 1. The lowest BCUT2D eigenvalue weighted by atomic mass is 9.99. The van der Waals surface area contributed by atoms with Gasteiger partial charge in [0.15, 0.2) is 5.69 Å². The van der Waals surface area contributed by atoms with Crippen molar-refractivity contribution in [2.45, 2.75) is 32.5 Å². The van der Waals surface area contributed by atoms with Crippen LogP contribution in [0.4, 0.5) is 5.82 Å². The molecule has 1 amide bonds. The van der Waals surface area contributed by atoms with Gasteiger partial charge in [-0.2, -0.15) is 5.10 Å². The molecule has 0 unspecified atom stereocenters. The van der Waals surface area contributed by atoms with Crippen molar-refractivity contribution in [3.8, 4) is 0 Å². The highest BCUT2D eigenvalue weighted by atomic mass is 35.5. The molecule has 2 aromatic heterocycles. The first-order valence-electron chi connectivity index (χ1n) is 8.01. The van der Waals surface area contributed by atoms with Crippen LogP contribution in [0.2, 0.25) is 10.0 Å². The first-order chi connectivity index (χ1) is 12.0. The van der Waals surface area contributed by atoms with E-state index >= 15 is 0 Å². The summed E-state index contributed by atoms with van der Waals surface area (Å²) in [7, 11) is 0. The Morgan fingerprint density at radius 2 is 2.20 bits per heavy atom. The van der Waals surface area contributed by atoms with E-state index in [1.54, 1.807) is 6.07 Å². The second kappa shape index (κ2) is 7.59. The number of halogens is 2. The lowest BCUT2D eigenvalue weighted by Gasteiger charge is -2.25. The number of hydrogen-bond acceptors (Lipinski definition) is 5. The molecule has 0 aromatic carbocycles. The smallest absolute Gasteiger partial charge is 0.272 e. The molecule has 3 heterocycles. The number of amides is 1. The van der Waals surface area contributed by atoms with Gasteiger partial charge in [0.05, 0.1) is 27.9 Å². The quantitative estimate of drug-likeness (QED) is 0.690. The van der Waals surface area contributed by atoms with Crippen LogP contribution in [0.1, 0.15) is 41.7 Å². The lowest BCUT2D eigenvalue weighted by molar-refractivity contribution is -0.00697. The zero-order chi connectivity index (χ0) is 18.0. The van der Waals surface area contributed by atoms with Gasteiger partial charge in [0.25, 0.3) is 5.91 Å². The average Bonchev–Trinajstić information content (AvgIpc) is 2.97. The molecule has 25 heavy (non-hydrogen) atoms. The number of anilines is 1. The summed E-state index contributed by atoms with van der Waals surface area (Å²) in [5.74, 6) is 0.313. The van der Waals surface area contributed by atoms with Crippen molar-refractivity contribution < 1.29 is 9.53 Å². The van der Waals surface area contributed by atoms with Gasteiger partial charge in [0.1, 0.15) is 5.82 Å². The highest BCUT2D eigenvalue weighted by molar-refractivity contribution is 6.35. The minimum atomic E-state index is -0.212. The monoisotopic (exact) mass is 383 g/mol. The van der Waals surface area contributed by atoms with Gasteiger partial charge in [-0.15, -0.1) is 0 Å². The number of carbonyl (C=O) groups is 1. The summed E-state index contributed by atoms with van der Waals surface area (Å²) in [6.07, 6.45) is 2.15. The van der Waals surface area contributed by atoms with Gasteiger partial charge in [-0.1, -0.05) is 23.2 Å². The molecular weight excluding hydrogens is 365 g/mol. The molecule has 0 spiro atoms. The summed E-state index contributed by atoms with van der Waals surface area (Å²) in [4.78, 5) is 16.5. The van der Waals surface area contributed by atoms with Crippen molar-refractivity contribution in [3.05, 3.63) is 39.3 Å². The minimum Gasteiger partial charge on any atom is -0.369 e. The van der Waals surface area contributed by atoms with Gasteiger partial charge >= 0.3 is 0 Å². The second-order valence-electron chi connectivity index (χ2n) is 5.92. The molecule has 2 aromatic rings. The molecular formula is C16H19Cl2N5O2. The highest BCUT2D eigenvalue weighted by Gasteiger charge is 2.29. The Hall–Kier alpha value is -1.83. The molecule has 0 bridgehead atoms. The van der Waals surface area contributed by atoms with E-state index in [0.717, 1.165) is 11.3 Å². The number of carbonyl (C=O) groups excluding carboxylic acids is 1. The fourth-order valence-electron chi connectivity index (χ4n) is 2.85. The zero-order valence-electron chi connectivity index (χ0n) is 13.9. The predicted molar refractivity (Wildman–Crippen MR) is 96.3 cm³/mol. The average molecular weight is 384 g/mol. The third-order valence-corrected chi connectivity index (χ3v) is 4.45. The van der Waals surface area contributed by atoms with Crippen LogP contribution in [0.5, 0.6) is 0 Å². The molecule has 0 radical (unpaired) electrons. The fourth-order valence-corrected chi connectivity index (χ4v) is 3.29. The molecule has 0 saturated carbocycles. The number of aromatic amines is 1. The third kappa shape index (κ3) is 4.05. The first kappa shape index (κ1) is 18.0. The SMILES string of the molecule is C[C@@H]1Cc2c(C(=O)NCCNc3ncc(Cl)cc3Cl)n[nH]c2[C@H](C)O1. The van der Waals surface area contributed by atoms with E-state index in [1.165, 1.54) is 6.20 Å². The van der Waals surface area contributed by atoms with Crippen molar-refractivity contribution in [2.75, 3.05) is 18.4 Å². The number of ether oxygens (including phenoxy) is 1. The largest absolute Gasteiger partial charge is 0.369 e. The molecule has 9 heteroatoms. The van der Waals surface area contributed by atoms with E-state index in [-0.39, 0.29) is 18.1 Å². The Morgan fingerprint density at radius 3 is 2.96 bits per heavy atom. The number of nitrogens with zero attached hydrogens (tertiary/aromatic N) is 2. The van der Waals surface area contributed by atoms with Gasteiger partial charge in [-0.25, -0.2) is 4.98 Å². The number of hydrogen-bond donors (Lipinski definition) is 3. The van der Waals surface area contributed by atoms with E-state index in [9.17, 15) is 4.79 Å². The fraction of sp³-hybridized carbons (Fsp3) is 0.438. The van der Waals surface area contributed by atoms with Gasteiger partial charge in [0.2, 0.25) is 0 Å². The van der Waals surface area contributed by atoms with Crippen LogP contribution >= 0.6 is 23.2 Å². The van der Waals surface area contributed by atoms with Crippen LogP contribution in [0.25, 0.3) is 0 Å². The summed E-state index contributed by atoms with van der Waals surface area (Å²) in [6.45, 7) is 4.81. The molecule has 3 N–H and O–H groups in total. The molecule has 3 rings (SSSR count). The van der Waals surface area contributed by atoms with Crippen LogP contribution in [-0.4, -0.2) is 40.3 Å². The lowest BCUT2D eigenvalue weighted by Crippen LogP contribution is -2.31. The Morgan fingerprint density at radius 1 is 1.40 bits per heavy atom. The van der Waals surface area contributed by atoms with E-state index in [1.807, 2.05) is 13.8 Å². The Kier molecular flexibility index (Phi) is 5.46. The Labute approximate surface area is 155 Å². The van der Waals surface area contributed by atoms with Gasteiger partial charge in [0, 0.05) is 31.3 Å². The first-order valence-corrected chi connectivity index (χ1v) is 8.77. The van der Waals surface area contributed by atoms with Crippen LogP contribution < -0.4 is 10.6 Å². The summed E-state index contributed by atoms with van der Waals surface area (Å²) < 4.78 is 5.73. The van der Waals surface area contributed by atoms with E-state index in [0.29, 0.717) is 41.1 Å².